The maximum atomic E-state index is 13.2. The third-order valence-corrected chi connectivity index (χ3v) is 26.5. The number of benzene rings is 1. The summed E-state index contributed by atoms with van der Waals surface area (Å²) >= 11 is 0. The van der Waals surface area contributed by atoms with Gasteiger partial charge in [0.25, 0.3) is 16.7 Å². The fourth-order valence-electron chi connectivity index (χ4n) is 19.3. The summed E-state index contributed by atoms with van der Waals surface area (Å²) in [6.45, 7) is 40.3. The zero-order chi connectivity index (χ0) is 115. The molecular weight excluding hydrogens is 1470 g/mol. The maximum Gasteiger partial charge on any atom is 0.340 e. The molecule has 27 heteroatoms. The second-order valence-electron chi connectivity index (χ2n) is 31.9. The van der Waals surface area contributed by atoms with Crippen LogP contribution in [0.25, 0.3) is 60.1 Å². The molecule has 0 spiro atoms. The number of aliphatic hydroxyl groups excluding tert-OH is 1. The van der Waals surface area contributed by atoms with Crippen molar-refractivity contribution in [3.8, 4) is 51.4 Å². The van der Waals surface area contributed by atoms with E-state index in [4.69, 9.17) is 98.8 Å². The van der Waals surface area contributed by atoms with Crippen LogP contribution in [-0.4, -0.2) is 90.1 Å². The summed E-state index contributed by atoms with van der Waals surface area (Å²) in [6, 6.07) is 20.8. The van der Waals surface area contributed by atoms with Gasteiger partial charge in [-0.05, 0) is 155 Å². The molecule has 4 N–H and O–H groups in total. The number of aromatic nitrogens is 13. The topological polar surface area (TPSA) is 351 Å². The number of allylic oxidation sites excluding steroid dienone is 6. The highest BCUT2D eigenvalue weighted by Gasteiger charge is 2.55. The smallest absolute Gasteiger partial charge is 0.340 e. The second-order valence-corrected chi connectivity index (χ2v) is 33.4. The molecule has 8 aliphatic carbocycles. The third kappa shape index (κ3) is 13.9. The number of nitrogens with zero attached hydrogens (tertiary/aromatic N) is 13. The highest BCUT2D eigenvalue weighted by atomic mass is 32.2. The number of carbonyl (C=O) groups excluding carboxylic acids is 2. The molecule has 0 fully saturated rings. The third-order valence-electron chi connectivity index (χ3n) is 25.3. The molecule has 0 unspecified atom stereocenters. The SMILES string of the molecule is C.C[C@H]1c2oncc2C[C@@]2(C)c3nc(-c4ccncc4)[nH]c(=O)c3CC[C@H]12.[3HH].[3H][3H].[3H][3H].[3H][3H].[3H][3H].[3H][3H].[3H][3H].[3H][3H].[3H][3H].[3H][3H].[3H][3H].[3H][3H].[3H][3H].[3H][3H].[3H][3H].[3H][3H].[3H][3H].[3H][3H].[C-]#[N+]C1=C(O)[C@H](C)[C@H]2CCc3c(nc(-c4ccncc4)[nH]c3=O)[C@]2(C)C1.[C-]#[N+]C1=C[C@@]2(C)c3nc(-c4ccncc4)[nH]c(=O)c3CC[C@@H]2[C@@H](C)C1=O.[C-]#[N+]C1=C[C@@]2(C)c3nc(-c4ccncc4)nc(OS(=O)(=O)c4ccc(C)cc4)c3CC[C@@H]2[C@@H](C)C1=O. The summed E-state index contributed by atoms with van der Waals surface area (Å²) in [5.74, 6) is 2.81. The Morgan fingerprint density at radius 1 is 0.513 bits per heavy atom. The van der Waals surface area contributed by atoms with Crippen molar-refractivity contribution in [1.82, 2.24) is 65.0 Å². The van der Waals surface area contributed by atoms with Gasteiger partial charge in [-0.25, -0.2) is 34.5 Å². The predicted octanol–water partition coefficient (Wildman–Crippen LogP) is 18.6. The molecule has 12 atom stereocenters. The van der Waals surface area contributed by atoms with E-state index in [0.717, 1.165) is 82.6 Å². The van der Waals surface area contributed by atoms with Gasteiger partial charge < -0.3 is 38.4 Å². The van der Waals surface area contributed by atoms with E-state index in [9.17, 15) is 37.5 Å². The van der Waals surface area contributed by atoms with Crippen LogP contribution in [0.2, 0.25) is 0 Å². The quantitative estimate of drug-likeness (QED) is 0.0850. The Kier molecular flexibility index (Phi) is 16.0. The van der Waals surface area contributed by atoms with Gasteiger partial charge in [-0.2, -0.15) is 13.4 Å². The van der Waals surface area contributed by atoms with Crippen LogP contribution in [0.15, 0.2) is 187 Å². The van der Waals surface area contributed by atoms with Gasteiger partial charge >= 0.3 is 10.1 Å². The van der Waals surface area contributed by atoms with Gasteiger partial charge in [0.05, 0.1) is 54.4 Å². The number of H-pyrrole nitrogens is 3. The van der Waals surface area contributed by atoms with Crippen molar-refractivity contribution in [2.45, 2.75) is 166 Å². The molecule has 620 valence electrons. The number of hydrogen-bond acceptors (Lipinski definition) is 20. The van der Waals surface area contributed by atoms with Crippen molar-refractivity contribution in [3.63, 3.8) is 0 Å². The molecule has 0 aliphatic heterocycles. The summed E-state index contributed by atoms with van der Waals surface area (Å²) in [7, 11) is -4.17. The normalized spacial score (nSPS) is 26.8. The number of carbonyl (C=O) groups is 2. The van der Waals surface area contributed by atoms with Gasteiger partial charge in [0.2, 0.25) is 23.0 Å². The van der Waals surface area contributed by atoms with Gasteiger partial charge in [0.15, 0.2) is 17.4 Å². The Bertz CT molecular complexity index is 6200. The van der Waals surface area contributed by atoms with Crippen molar-refractivity contribution in [3.05, 3.63) is 291 Å². The number of pyridine rings is 4. The predicted molar refractivity (Wildman–Crippen MR) is 466 cm³/mol. The molecule has 8 aliphatic rings. The van der Waals surface area contributed by atoms with Crippen LogP contribution in [-0.2, 0) is 73.5 Å². The minimum atomic E-state index is -4.17. The lowest BCUT2D eigenvalue weighted by molar-refractivity contribution is -0.122. The van der Waals surface area contributed by atoms with Crippen LogP contribution in [0.5, 0.6) is 5.88 Å². The minimum absolute atomic E-state index is 0. The minimum Gasteiger partial charge on any atom is -0.523 e. The van der Waals surface area contributed by atoms with Crippen molar-refractivity contribution < 1.29 is 83.7 Å². The molecule has 0 amide bonds. The van der Waals surface area contributed by atoms with E-state index in [2.05, 4.69) is 80.3 Å². The molecule has 9 heterocycles. The molecule has 0 saturated heterocycles. The average Bonchev–Trinajstić information content (AvgIpc) is 1.38. The monoisotopic (exact) mass is 1670 g/mol. The van der Waals surface area contributed by atoms with Gasteiger partial charge in [0, 0.05) is 197 Å². The number of aromatic amines is 3. The first-order valence-corrected chi connectivity index (χ1v) is 39.5. The lowest BCUT2D eigenvalue weighted by Gasteiger charge is -2.47. The lowest BCUT2D eigenvalue weighted by Crippen LogP contribution is -2.47. The first-order valence-electron chi connectivity index (χ1n) is 55.1. The van der Waals surface area contributed by atoms with Crippen LogP contribution >= 0.6 is 0 Å². The number of aryl methyl sites for hydroxylation is 1. The lowest BCUT2D eigenvalue weighted by atomic mass is 9.57. The van der Waals surface area contributed by atoms with Crippen LogP contribution in [0.3, 0.4) is 0 Å². The van der Waals surface area contributed by atoms with E-state index in [1.54, 1.807) is 98.1 Å². The number of fused-ring (bicyclic) bond motifs is 13. The number of aliphatic hydroxyl groups is 1. The summed E-state index contributed by atoms with van der Waals surface area (Å²) in [4.78, 5) is 123. The van der Waals surface area contributed by atoms with E-state index in [1.165, 1.54) is 12.1 Å². The fraction of sp³-hybridized carbons (Fsp3) is 0.364. The molecule has 0 saturated carbocycles. The van der Waals surface area contributed by atoms with Gasteiger partial charge in [-0.15, -0.1) is 0 Å². The van der Waals surface area contributed by atoms with Crippen molar-refractivity contribution in [1.29, 1.82) is 0 Å². The average molecular weight is 1670 g/mol. The number of nitrogens with one attached hydrogen (secondary N) is 3. The van der Waals surface area contributed by atoms with E-state index in [1.807, 2.05) is 72.0 Å². The summed E-state index contributed by atoms with van der Waals surface area (Å²) in [5.41, 5.74) is 9.22. The first-order chi connectivity index (χ1) is 71.6. The zero-order valence-corrected chi connectivity index (χ0v) is 65.1. The largest absolute Gasteiger partial charge is 0.523 e. The summed E-state index contributed by atoms with van der Waals surface area (Å²) < 4.78 is 208. The molecule has 0 bridgehead atoms. The zero-order valence-electron chi connectivity index (χ0n) is 98.3. The van der Waals surface area contributed by atoms with E-state index >= 15 is 0 Å². The number of rotatable bonds is 7. The molecule has 115 heavy (non-hydrogen) atoms. The fourth-order valence-corrected chi connectivity index (χ4v) is 20.2. The Hall–Kier alpha value is -12.7. The number of Topliss-reactive ketones (excluding diaryl/α,β-unsaturated/α-hetero) is 2. The van der Waals surface area contributed by atoms with Crippen molar-refractivity contribution >= 4 is 21.7 Å². The van der Waals surface area contributed by atoms with Crippen LogP contribution in [0, 0.1) is 68.1 Å². The van der Waals surface area contributed by atoms with Crippen molar-refractivity contribution in [2.75, 3.05) is 0 Å². The Morgan fingerprint density at radius 2 is 0.913 bits per heavy atom. The Balaban J connectivity index is -0.000000568. The van der Waals surface area contributed by atoms with Crippen LogP contribution < -0.4 is 20.9 Å². The number of hydrogen-bond donors (Lipinski definition) is 4. The van der Waals surface area contributed by atoms with Gasteiger partial charge in [0.1, 0.15) is 28.1 Å². The van der Waals surface area contributed by atoms with E-state index in [0.29, 0.717) is 94.8 Å². The second kappa shape index (κ2) is 30.7. The molecule has 0 radical (unpaired) electrons. The van der Waals surface area contributed by atoms with Gasteiger partial charge in [-0.3, -0.25) is 34.3 Å². The molecule has 26 nitrogen and oxygen atoms in total. The molecular formula is C88H122N16O10S. The number of ketones is 2. The Labute approximate surface area is 718 Å². The van der Waals surface area contributed by atoms with Gasteiger partial charge in [-0.1, -0.05) is 97.8 Å². The summed E-state index contributed by atoms with van der Waals surface area (Å²) in [5, 5.41) is 14.4. The van der Waals surface area contributed by atoms with E-state index < -0.39 is 26.4 Å². The molecule has 10 aromatic rings. The van der Waals surface area contributed by atoms with Crippen LogP contribution in [0.1, 0.15) is 215 Å². The summed E-state index contributed by atoms with van der Waals surface area (Å²) in [6.07, 6.45) is 25.3. The highest BCUT2D eigenvalue weighted by molar-refractivity contribution is 7.87. The molecule has 9 aromatic heterocycles. The Morgan fingerprint density at radius 3 is 1.37 bits per heavy atom. The standard InChI is InChI=1S/C27H24N4O4S.2C20H20N4O2.C20H18N4O2.CH4.18H2/c1-16-5-7-19(8-6-16)36(33,34)35-26-20-9-10-21-17(2)23(32)22(28-4)15-27(21,3)24(20)30-25(31-26)18-11-13-29-14-12-18;1-11-15-4-3-14-17(20(15,2)9-13-10-22-26-16(11)13)23-18(24-19(14)25)12-5-7-21-8-6-12;2*1-11-14-5-4-13-17(20(14,2)10-15(21-3)16(11)25)23-18(24-19(13)26)12-6-8-22-9-7-12;;;;;;;;;;;;;;;;;;;/h5-8,11-15,17,21H,9-10H2,1-3H3;5-8,10-11,15H,3-4,9H2,1-2H3,(H,23,24,25);6-9,11,14,25H,4-5,10H2,1-2H3,(H,23,24,26);6-11,14H,4-5H2,1-2H3,(H,23,24,26);1H4;18*1H/t17-,21-,27-;11-,15-,20-;2*11-,14-,20-;;;;;;;;;;;;;;;;;;;/m1111.................../s1/i;;;;;17*1+2T;1+2. The molecule has 1 aromatic carbocycles. The van der Waals surface area contributed by atoms with Crippen molar-refractivity contribution in [2.24, 2.45) is 41.4 Å². The first kappa shape index (κ1) is 60.0. The molecule has 18 rings (SSSR count). The van der Waals surface area contributed by atoms with Crippen LogP contribution in [0.4, 0.5) is 0 Å². The maximum absolute atomic E-state index is 13.2. The highest BCUT2D eigenvalue weighted by Crippen LogP contribution is 2.56. The van der Waals surface area contributed by atoms with E-state index in [-0.39, 0.29) is 118 Å².